The van der Waals surface area contributed by atoms with Gasteiger partial charge >= 0.3 is 0 Å². The molecule has 1 aromatic heterocycles. The molecule has 5 nitrogen and oxygen atoms in total. The van der Waals surface area contributed by atoms with Gasteiger partial charge in [-0.3, -0.25) is 4.90 Å². The fraction of sp³-hybridized carbons (Fsp3) is 0.700. The number of nitrogens with zero attached hydrogens (tertiary/aromatic N) is 4. The molecular weight excluding hydrogens is 260 g/mol. The van der Waals surface area contributed by atoms with Gasteiger partial charge in [0.15, 0.2) is 6.61 Å². The predicted molar refractivity (Wildman–Crippen MR) is 68.7 cm³/mol. The Bertz CT molecular complexity index is 422. The van der Waals surface area contributed by atoms with E-state index in [9.17, 15) is 0 Å². The summed E-state index contributed by atoms with van der Waals surface area (Å²) in [7, 11) is 0. The van der Waals surface area contributed by atoms with Gasteiger partial charge in [-0.05, 0) is 31.4 Å². The average Bonchev–Trinajstić information content (AvgIpc) is 2.96. The second-order valence-electron chi connectivity index (χ2n) is 4.36. The Morgan fingerprint density at radius 3 is 3.06 bits per heavy atom. The minimum Gasteiger partial charge on any atom is -0.390 e. The van der Waals surface area contributed by atoms with Crippen LogP contribution in [-0.4, -0.2) is 39.8 Å². The molecule has 3 rings (SSSR count). The lowest BCUT2D eigenvalue weighted by Crippen LogP contribution is -2.23. The quantitative estimate of drug-likeness (QED) is 0.784. The highest BCUT2D eigenvalue weighted by Crippen LogP contribution is 2.25. The van der Waals surface area contributed by atoms with Gasteiger partial charge in [0.1, 0.15) is 0 Å². The molecule has 0 radical (unpaired) electrons. The van der Waals surface area contributed by atoms with E-state index in [-0.39, 0.29) is 12.4 Å². The maximum absolute atomic E-state index is 5.39. The molecule has 1 aromatic rings. The minimum absolute atomic E-state index is 0. The molecule has 7 heteroatoms. The van der Waals surface area contributed by atoms with E-state index in [0.29, 0.717) is 12.5 Å². The van der Waals surface area contributed by atoms with Gasteiger partial charge in [0.25, 0.3) is 0 Å². The predicted octanol–water partition coefficient (Wildman–Crippen LogP) is 1.48. The topological polar surface area (TPSA) is 50.6 Å². The highest BCUT2D eigenvalue weighted by molar-refractivity contribution is 7.05. The third-order valence-electron chi connectivity index (χ3n) is 3.25. The Morgan fingerprint density at radius 2 is 2.47 bits per heavy atom. The van der Waals surface area contributed by atoms with E-state index in [0.717, 1.165) is 17.1 Å². The zero-order chi connectivity index (χ0) is 11.0. The number of oxime groups is 1. The van der Waals surface area contributed by atoms with Crippen molar-refractivity contribution in [3.63, 3.8) is 0 Å². The van der Waals surface area contributed by atoms with Crippen LogP contribution in [-0.2, 0) is 11.4 Å². The molecule has 0 saturated carbocycles. The van der Waals surface area contributed by atoms with Crippen molar-refractivity contribution >= 4 is 29.7 Å². The van der Waals surface area contributed by atoms with E-state index < -0.39 is 0 Å². The molecule has 2 fully saturated rings. The molecule has 2 atom stereocenters. The van der Waals surface area contributed by atoms with Gasteiger partial charge < -0.3 is 4.84 Å². The summed E-state index contributed by atoms with van der Waals surface area (Å²) in [6.45, 7) is 5.83. The first-order chi connectivity index (χ1) is 7.83. The molecule has 0 amide bonds. The van der Waals surface area contributed by atoms with E-state index in [1.54, 1.807) is 0 Å². The Balaban J connectivity index is 0.00000108. The lowest BCUT2D eigenvalue weighted by molar-refractivity contribution is 0.130. The number of halogens is 1. The molecule has 2 saturated heterocycles. The van der Waals surface area contributed by atoms with Crippen LogP contribution >= 0.6 is 23.9 Å². The SMILES string of the molecule is Cc1nnsc1CO/N=C1\CN2CCC1C2.Cl. The molecule has 0 N–H and O–H groups in total. The molecular formula is C10H15ClN4OS. The molecule has 94 valence electrons. The first kappa shape index (κ1) is 12.7. The van der Waals surface area contributed by atoms with Gasteiger partial charge in [-0.1, -0.05) is 9.64 Å². The van der Waals surface area contributed by atoms with Crippen molar-refractivity contribution in [2.45, 2.75) is 20.0 Å². The van der Waals surface area contributed by atoms with Crippen LogP contribution in [0.4, 0.5) is 0 Å². The summed E-state index contributed by atoms with van der Waals surface area (Å²) in [5.74, 6) is 0.640. The maximum Gasteiger partial charge on any atom is 0.154 e. The molecule has 2 bridgehead atoms. The van der Waals surface area contributed by atoms with Crippen molar-refractivity contribution in [2.24, 2.45) is 11.1 Å². The van der Waals surface area contributed by atoms with Crippen LogP contribution in [0.5, 0.6) is 0 Å². The van der Waals surface area contributed by atoms with Crippen LogP contribution in [0.25, 0.3) is 0 Å². The minimum atomic E-state index is 0. The summed E-state index contributed by atoms with van der Waals surface area (Å²) in [5.41, 5.74) is 2.16. The summed E-state index contributed by atoms with van der Waals surface area (Å²) in [4.78, 5) is 8.87. The first-order valence-electron chi connectivity index (χ1n) is 5.52. The zero-order valence-corrected chi connectivity index (χ0v) is 11.3. The van der Waals surface area contributed by atoms with Crippen molar-refractivity contribution in [2.75, 3.05) is 19.6 Å². The van der Waals surface area contributed by atoms with Crippen molar-refractivity contribution in [3.8, 4) is 0 Å². The van der Waals surface area contributed by atoms with E-state index in [4.69, 9.17) is 4.84 Å². The third-order valence-corrected chi connectivity index (χ3v) is 4.05. The van der Waals surface area contributed by atoms with E-state index in [1.165, 1.54) is 36.8 Å². The second-order valence-corrected chi connectivity index (χ2v) is 5.20. The summed E-state index contributed by atoms with van der Waals surface area (Å²) in [6, 6.07) is 0. The number of hydrogen-bond donors (Lipinski definition) is 0. The molecule has 2 aliphatic heterocycles. The van der Waals surface area contributed by atoms with Crippen molar-refractivity contribution in [3.05, 3.63) is 10.6 Å². The van der Waals surface area contributed by atoms with E-state index >= 15 is 0 Å². The summed E-state index contributed by atoms with van der Waals surface area (Å²) in [6.07, 6.45) is 1.24. The standard InChI is InChI=1S/C10H14N4OS.ClH/c1-7-10(16-13-11-7)6-15-12-9-5-14-3-2-8(9)4-14;/h8H,2-6H2,1H3;1H/b12-9+;. The van der Waals surface area contributed by atoms with Crippen LogP contribution in [0.15, 0.2) is 5.16 Å². The van der Waals surface area contributed by atoms with Crippen LogP contribution in [0.2, 0.25) is 0 Å². The van der Waals surface area contributed by atoms with Crippen molar-refractivity contribution in [1.82, 2.24) is 14.5 Å². The van der Waals surface area contributed by atoms with Crippen molar-refractivity contribution in [1.29, 1.82) is 0 Å². The largest absolute Gasteiger partial charge is 0.390 e. The molecule has 17 heavy (non-hydrogen) atoms. The Morgan fingerprint density at radius 1 is 1.59 bits per heavy atom. The first-order valence-corrected chi connectivity index (χ1v) is 6.29. The lowest BCUT2D eigenvalue weighted by atomic mass is 10.0. The highest BCUT2D eigenvalue weighted by Gasteiger charge is 2.35. The third kappa shape index (κ3) is 2.59. The number of aryl methyl sites for hydroxylation is 1. The van der Waals surface area contributed by atoms with Gasteiger partial charge in [0, 0.05) is 19.0 Å². The molecule has 0 aliphatic carbocycles. The zero-order valence-electron chi connectivity index (χ0n) is 9.63. The van der Waals surface area contributed by atoms with Crippen LogP contribution < -0.4 is 0 Å². The normalized spacial score (nSPS) is 28.4. The van der Waals surface area contributed by atoms with Crippen LogP contribution in [0.1, 0.15) is 17.0 Å². The monoisotopic (exact) mass is 274 g/mol. The van der Waals surface area contributed by atoms with Gasteiger partial charge in [-0.2, -0.15) is 0 Å². The van der Waals surface area contributed by atoms with Gasteiger partial charge in [0.2, 0.25) is 0 Å². The second kappa shape index (κ2) is 5.29. The number of hydrogen-bond acceptors (Lipinski definition) is 6. The van der Waals surface area contributed by atoms with E-state index in [1.807, 2.05) is 6.92 Å². The average molecular weight is 275 g/mol. The molecule has 2 unspecified atom stereocenters. The Kier molecular flexibility index (Phi) is 3.96. The van der Waals surface area contributed by atoms with Crippen LogP contribution in [0, 0.1) is 12.8 Å². The Hall–Kier alpha value is -0.720. The summed E-state index contributed by atoms with van der Waals surface area (Å²) in [5, 5.41) is 8.19. The maximum atomic E-state index is 5.39. The molecule has 0 aromatic carbocycles. The fourth-order valence-electron chi connectivity index (χ4n) is 2.27. The van der Waals surface area contributed by atoms with Crippen LogP contribution in [0.3, 0.4) is 0 Å². The number of piperidine rings is 1. The Labute approximate surface area is 110 Å². The van der Waals surface area contributed by atoms with Gasteiger partial charge in [0.05, 0.1) is 16.3 Å². The molecule has 2 aliphatic rings. The summed E-state index contributed by atoms with van der Waals surface area (Å²) >= 11 is 1.38. The van der Waals surface area contributed by atoms with Gasteiger partial charge in [-0.15, -0.1) is 17.5 Å². The molecule has 3 heterocycles. The van der Waals surface area contributed by atoms with E-state index in [2.05, 4.69) is 19.6 Å². The molecule has 0 spiro atoms. The highest BCUT2D eigenvalue weighted by atomic mass is 35.5. The number of fused-ring (bicyclic) bond motifs is 2. The number of rotatable bonds is 3. The number of aromatic nitrogens is 2. The van der Waals surface area contributed by atoms with Gasteiger partial charge in [-0.25, -0.2) is 0 Å². The lowest BCUT2D eigenvalue weighted by Gasteiger charge is -2.12. The van der Waals surface area contributed by atoms with Crippen molar-refractivity contribution < 1.29 is 4.84 Å². The smallest absolute Gasteiger partial charge is 0.154 e. The summed E-state index contributed by atoms with van der Waals surface area (Å²) < 4.78 is 3.87. The fourth-order valence-corrected chi connectivity index (χ4v) is 2.81.